The Morgan fingerprint density at radius 3 is 2.17 bits per heavy atom. The number of amides is 2. The van der Waals surface area contributed by atoms with Crippen LogP contribution in [0.2, 0.25) is 0 Å². The van der Waals surface area contributed by atoms with E-state index in [4.69, 9.17) is 4.74 Å². The predicted molar refractivity (Wildman–Crippen MR) is 130 cm³/mol. The number of aliphatic hydroxyl groups excluding tert-OH is 1. The standard InChI is InChI=1S/C27H32N2O6/c1-16(30)24(26(32)33)29-25(31)21-13-3-2-4-14-23(21)28-27(34)35-15-22-19-11-7-5-9-17(19)18-10-6-8-12-20(18)22/h5-12,16,21-24,30H,2-4,13-15H2,1H3,(H,28,34)(H,29,31)(H,32,33)/t16-,21?,23?,24+/m1/s1. The second kappa shape index (κ2) is 10.9. The van der Waals surface area contributed by atoms with E-state index in [9.17, 15) is 24.6 Å². The lowest BCUT2D eigenvalue weighted by Gasteiger charge is -2.27. The Hall–Kier alpha value is -3.39. The van der Waals surface area contributed by atoms with Crippen molar-refractivity contribution in [3.05, 3.63) is 59.7 Å². The molecule has 0 saturated heterocycles. The van der Waals surface area contributed by atoms with E-state index >= 15 is 0 Å². The lowest BCUT2D eigenvalue weighted by molar-refractivity contribution is -0.145. The third kappa shape index (κ3) is 5.48. The summed E-state index contributed by atoms with van der Waals surface area (Å²) >= 11 is 0. The van der Waals surface area contributed by atoms with Crippen LogP contribution in [0.15, 0.2) is 48.5 Å². The molecule has 1 fully saturated rings. The second-order valence-corrected chi connectivity index (χ2v) is 9.39. The molecule has 0 bridgehead atoms. The first-order valence-corrected chi connectivity index (χ1v) is 12.2. The zero-order valence-corrected chi connectivity index (χ0v) is 19.8. The second-order valence-electron chi connectivity index (χ2n) is 9.39. The number of hydrogen-bond acceptors (Lipinski definition) is 5. The summed E-state index contributed by atoms with van der Waals surface area (Å²) in [6, 6.07) is 14.3. The number of carboxylic acids is 1. The lowest BCUT2D eigenvalue weighted by Crippen LogP contribution is -2.53. The highest BCUT2D eigenvalue weighted by molar-refractivity contribution is 5.86. The van der Waals surface area contributed by atoms with Crippen molar-refractivity contribution in [2.75, 3.05) is 6.61 Å². The normalized spacial score (nSPS) is 21.1. The SMILES string of the molecule is C[C@@H](O)[C@H](NC(=O)C1CCCCCC1NC(=O)OCC1c2ccccc2-c2ccccc21)C(=O)O. The van der Waals surface area contributed by atoms with Gasteiger partial charge in [0.05, 0.1) is 12.0 Å². The van der Waals surface area contributed by atoms with Crippen LogP contribution in [-0.4, -0.2) is 53.0 Å². The molecule has 2 aliphatic rings. The topological polar surface area (TPSA) is 125 Å². The Kier molecular flexibility index (Phi) is 7.70. The van der Waals surface area contributed by atoms with Crippen LogP contribution in [0.1, 0.15) is 56.1 Å². The van der Waals surface area contributed by atoms with Crippen LogP contribution >= 0.6 is 0 Å². The molecular weight excluding hydrogens is 448 g/mol. The average molecular weight is 481 g/mol. The van der Waals surface area contributed by atoms with E-state index in [1.165, 1.54) is 6.92 Å². The van der Waals surface area contributed by atoms with Crippen molar-refractivity contribution in [3.63, 3.8) is 0 Å². The Labute approximate surface area is 204 Å². The fourth-order valence-corrected chi connectivity index (χ4v) is 5.23. The molecule has 8 nitrogen and oxygen atoms in total. The van der Waals surface area contributed by atoms with Crippen LogP contribution in [0.25, 0.3) is 11.1 Å². The summed E-state index contributed by atoms with van der Waals surface area (Å²) in [6.45, 7) is 1.49. The Morgan fingerprint density at radius 1 is 0.971 bits per heavy atom. The Bertz CT molecular complexity index is 1040. The summed E-state index contributed by atoms with van der Waals surface area (Å²) in [5.41, 5.74) is 4.52. The fraction of sp³-hybridized carbons (Fsp3) is 0.444. The van der Waals surface area contributed by atoms with Gasteiger partial charge in [0.25, 0.3) is 0 Å². The number of aliphatic hydroxyl groups is 1. The van der Waals surface area contributed by atoms with Crippen molar-refractivity contribution in [1.82, 2.24) is 10.6 Å². The van der Waals surface area contributed by atoms with E-state index in [0.717, 1.165) is 41.5 Å². The van der Waals surface area contributed by atoms with Crippen LogP contribution in [0.4, 0.5) is 4.79 Å². The predicted octanol–water partition coefficient (Wildman–Crippen LogP) is 3.42. The van der Waals surface area contributed by atoms with Gasteiger partial charge in [-0.3, -0.25) is 4.79 Å². The summed E-state index contributed by atoms with van der Waals surface area (Å²) in [5.74, 6) is -2.45. The van der Waals surface area contributed by atoms with Crippen LogP contribution in [0.3, 0.4) is 0 Å². The van der Waals surface area contributed by atoms with E-state index in [0.29, 0.717) is 12.8 Å². The number of carbonyl (C=O) groups excluding carboxylic acids is 2. The Balaban J connectivity index is 1.42. The van der Waals surface area contributed by atoms with Crippen LogP contribution in [0, 0.1) is 5.92 Å². The van der Waals surface area contributed by atoms with Crippen molar-refractivity contribution in [3.8, 4) is 11.1 Å². The third-order valence-corrected chi connectivity index (χ3v) is 7.05. The minimum absolute atomic E-state index is 0.0660. The first-order chi connectivity index (χ1) is 16.9. The summed E-state index contributed by atoms with van der Waals surface area (Å²) in [5, 5.41) is 24.3. The van der Waals surface area contributed by atoms with Gasteiger partial charge in [-0.15, -0.1) is 0 Å². The molecule has 0 radical (unpaired) electrons. The zero-order chi connectivity index (χ0) is 24.9. The summed E-state index contributed by atoms with van der Waals surface area (Å²) in [6.07, 6.45) is 1.84. The molecule has 2 aromatic rings. The van der Waals surface area contributed by atoms with Crippen molar-refractivity contribution in [2.24, 2.45) is 5.92 Å². The molecule has 4 N–H and O–H groups in total. The number of carbonyl (C=O) groups is 3. The molecule has 2 unspecified atom stereocenters. The van der Waals surface area contributed by atoms with Gasteiger partial charge in [-0.2, -0.15) is 0 Å². The maximum absolute atomic E-state index is 12.9. The van der Waals surface area contributed by atoms with Crippen LogP contribution < -0.4 is 10.6 Å². The average Bonchev–Trinajstić information content (AvgIpc) is 2.97. The maximum Gasteiger partial charge on any atom is 0.407 e. The van der Waals surface area contributed by atoms with Gasteiger partial charge < -0.3 is 25.6 Å². The van der Waals surface area contributed by atoms with E-state index in [1.54, 1.807) is 0 Å². The number of aliphatic carboxylic acids is 1. The first kappa shape index (κ1) is 24.7. The molecule has 0 aliphatic heterocycles. The van der Waals surface area contributed by atoms with E-state index < -0.39 is 42.1 Å². The minimum Gasteiger partial charge on any atom is -0.480 e. The van der Waals surface area contributed by atoms with Gasteiger partial charge in [-0.1, -0.05) is 67.8 Å². The largest absolute Gasteiger partial charge is 0.480 e. The fourth-order valence-electron chi connectivity index (χ4n) is 5.23. The minimum atomic E-state index is -1.40. The molecule has 186 valence electrons. The number of benzene rings is 2. The number of ether oxygens (including phenoxy) is 1. The molecule has 0 heterocycles. The molecular formula is C27H32N2O6. The van der Waals surface area contributed by atoms with Gasteiger partial charge in [0, 0.05) is 12.0 Å². The number of rotatable bonds is 7. The van der Waals surface area contributed by atoms with Gasteiger partial charge in [0.1, 0.15) is 6.61 Å². The molecule has 4 atom stereocenters. The van der Waals surface area contributed by atoms with Gasteiger partial charge in [0.2, 0.25) is 5.91 Å². The number of nitrogens with one attached hydrogen (secondary N) is 2. The highest BCUT2D eigenvalue weighted by atomic mass is 16.5. The number of fused-ring (bicyclic) bond motifs is 3. The van der Waals surface area contributed by atoms with Crippen molar-refractivity contribution in [2.45, 2.75) is 63.1 Å². The Morgan fingerprint density at radius 2 is 1.57 bits per heavy atom. The van der Waals surface area contributed by atoms with E-state index in [-0.39, 0.29) is 12.5 Å². The van der Waals surface area contributed by atoms with E-state index in [2.05, 4.69) is 22.8 Å². The summed E-state index contributed by atoms with van der Waals surface area (Å²) in [4.78, 5) is 37.1. The van der Waals surface area contributed by atoms with Gasteiger partial charge >= 0.3 is 12.1 Å². The summed E-state index contributed by atoms with van der Waals surface area (Å²) in [7, 11) is 0. The number of hydrogen-bond donors (Lipinski definition) is 4. The van der Waals surface area contributed by atoms with Crippen molar-refractivity contribution < 1.29 is 29.3 Å². The monoisotopic (exact) mass is 480 g/mol. The van der Waals surface area contributed by atoms with Gasteiger partial charge in [0.15, 0.2) is 6.04 Å². The van der Waals surface area contributed by atoms with E-state index in [1.807, 2.05) is 36.4 Å². The molecule has 2 aliphatic carbocycles. The van der Waals surface area contributed by atoms with Crippen molar-refractivity contribution >= 4 is 18.0 Å². The summed E-state index contributed by atoms with van der Waals surface area (Å²) < 4.78 is 5.65. The highest BCUT2D eigenvalue weighted by Gasteiger charge is 2.35. The molecule has 2 aromatic carbocycles. The smallest absolute Gasteiger partial charge is 0.407 e. The molecule has 2 amide bonds. The van der Waals surface area contributed by atoms with Gasteiger partial charge in [-0.25, -0.2) is 9.59 Å². The zero-order valence-electron chi connectivity index (χ0n) is 19.8. The van der Waals surface area contributed by atoms with Crippen molar-refractivity contribution in [1.29, 1.82) is 0 Å². The molecule has 35 heavy (non-hydrogen) atoms. The third-order valence-electron chi connectivity index (χ3n) is 7.05. The molecule has 4 rings (SSSR count). The molecule has 0 aromatic heterocycles. The van der Waals surface area contributed by atoms with Gasteiger partial charge in [-0.05, 0) is 42.0 Å². The van der Waals surface area contributed by atoms with Crippen LogP contribution in [-0.2, 0) is 14.3 Å². The molecule has 8 heteroatoms. The van der Waals surface area contributed by atoms with Crippen LogP contribution in [0.5, 0.6) is 0 Å². The molecule has 0 spiro atoms. The quantitative estimate of drug-likeness (QED) is 0.450. The maximum atomic E-state index is 12.9. The first-order valence-electron chi connectivity index (χ1n) is 12.2. The lowest BCUT2D eigenvalue weighted by atomic mass is 9.93. The number of carboxylic acid groups (broad SMARTS) is 1. The number of alkyl carbamates (subject to hydrolysis) is 1. The highest BCUT2D eigenvalue weighted by Crippen LogP contribution is 2.44. The molecule has 1 saturated carbocycles.